The maximum absolute atomic E-state index is 6.55. The van der Waals surface area contributed by atoms with Gasteiger partial charge >= 0.3 is 0 Å². The van der Waals surface area contributed by atoms with Crippen molar-refractivity contribution in [2.45, 2.75) is 0 Å². The highest BCUT2D eigenvalue weighted by atomic mass is 35.5. The van der Waals surface area contributed by atoms with E-state index in [0.29, 0.717) is 28.1 Å². The minimum Gasteiger partial charge on any atom is -0.454 e. The van der Waals surface area contributed by atoms with Crippen molar-refractivity contribution in [2.24, 2.45) is 0 Å². The van der Waals surface area contributed by atoms with Gasteiger partial charge in [-0.25, -0.2) is 15.0 Å². The number of benzene rings is 7. The molecule has 0 saturated heterocycles. The fourth-order valence-corrected chi connectivity index (χ4v) is 6.49. The predicted molar refractivity (Wildman–Crippen MR) is 189 cm³/mol. The van der Waals surface area contributed by atoms with E-state index in [1.807, 2.05) is 54.6 Å². The second-order valence-electron chi connectivity index (χ2n) is 11.4. The zero-order valence-corrected chi connectivity index (χ0v) is 25.2. The number of furan rings is 1. The molecule has 7 aromatic carbocycles. The standard InChI is InChI=1S/C41H24ClN3O/c42-35-14-6-12-33-37-34(13-7-15-36(37)46-38(33)35)41-44-39(30-20-17-26-10-4-5-11-28(26)22-30)43-40(45-41)31-21-18-27-16-19-29(23-32(27)24-31)25-8-2-1-3-9-25/h1-24H. The molecule has 0 aliphatic carbocycles. The van der Waals surface area contributed by atoms with Crippen molar-refractivity contribution in [3.8, 4) is 45.3 Å². The first-order valence-corrected chi connectivity index (χ1v) is 15.5. The highest BCUT2D eigenvalue weighted by Crippen LogP contribution is 2.39. The summed E-state index contributed by atoms with van der Waals surface area (Å²) in [6.07, 6.45) is 0. The van der Waals surface area contributed by atoms with Crippen LogP contribution >= 0.6 is 11.6 Å². The first kappa shape index (κ1) is 26.6. The Hall–Kier alpha value is -5.84. The van der Waals surface area contributed by atoms with Gasteiger partial charge in [0.15, 0.2) is 23.1 Å². The average Bonchev–Trinajstić information content (AvgIpc) is 3.51. The van der Waals surface area contributed by atoms with Gasteiger partial charge in [-0.15, -0.1) is 0 Å². The highest BCUT2D eigenvalue weighted by Gasteiger charge is 2.19. The van der Waals surface area contributed by atoms with Crippen LogP contribution in [0.4, 0.5) is 0 Å². The minimum absolute atomic E-state index is 0.568. The lowest BCUT2D eigenvalue weighted by Gasteiger charge is -2.11. The predicted octanol–water partition coefficient (Wildman–Crippen LogP) is 11.4. The lowest BCUT2D eigenvalue weighted by atomic mass is 9.99. The van der Waals surface area contributed by atoms with E-state index in [1.54, 1.807) is 0 Å². The lowest BCUT2D eigenvalue weighted by molar-refractivity contribution is 0.669. The summed E-state index contributed by atoms with van der Waals surface area (Å²) in [5.41, 5.74) is 6.41. The molecule has 0 bridgehead atoms. The molecule has 0 spiro atoms. The van der Waals surface area contributed by atoms with Crippen LogP contribution in [0.1, 0.15) is 0 Å². The van der Waals surface area contributed by atoms with Crippen molar-refractivity contribution in [3.05, 3.63) is 151 Å². The summed E-state index contributed by atoms with van der Waals surface area (Å²) in [5.74, 6) is 1.77. The van der Waals surface area contributed by atoms with Gasteiger partial charge in [-0.2, -0.15) is 0 Å². The summed E-state index contributed by atoms with van der Waals surface area (Å²) in [6.45, 7) is 0. The van der Waals surface area contributed by atoms with Gasteiger partial charge in [0, 0.05) is 27.5 Å². The number of rotatable bonds is 4. The van der Waals surface area contributed by atoms with Crippen LogP contribution in [0, 0.1) is 0 Å². The molecule has 9 aromatic rings. The number of para-hydroxylation sites is 1. The maximum Gasteiger partial charge on any atom is 0.164 e. The Balaban J connectivity index is 1.27. The van der Waals surface area contributed by atoms with Crippen LogP contribution in [0.25, 0.3) is 88.8 Å². The molecule has 2 heterocycles. The molecule has 0 saturated carbocycles. The number of hydrogen-bond acceptors (Lipinski definition) is 4. The number of aromatic nitrogens is 3. The van der Waals surface area contributed by atoms with E-state index >= 15 is 0 Å². The molecule has 0 unspecified atom stereocenters. The molecule has 0 aliphatic rings. The molecule has 0 N–H and O–H groups in total. The van der Waals surface area contributed by atoms with Gasteiger partial charge < -0.3 is 4.42 Å². The molecular weight excluding hydrogens is 586 g/mol. The molecule has 2 aromatic heterocycles. The second kappa shape index (κ2) is 10.7. The number of hydrogen-bond donors (Lipinski definition) is 0. The maximum atomic E-state index is 6.55. The first-order chi connectivity index (χ1) is 22.7. The molecule has 0 fully saturated rings. The number of fused-ring (bicyclic) bond motifs is 5. The third-order valence-electron chi connectivity index (χ3n) is 8.56. The highest BCUT2D eigenvalue weighted by molar-refractivity contribution is 6.36. The molecule has 46 heavy (non-hydrogen) atoms. The molecular formula is C41H24ClN3O. The van der Waals surface area contributed by atoms with Gasteiger partial charge in [0.2, 0.25) is 0 Å². The van der Waals surface area contributed by atoms with Crippen molar-refractivity contribution >= 4 is 55.1 Å². The first-order valence-electron chi connectivity index (χ1n) is 15.1. The van der Waals surface area contributed by atoms with E-state index in [9.17, 15) is 0 Å². The molecule has 5 heteroatoms. The average molecular weight is 610 g/mol. The van der Waals surface area contributed by atoms with Crippen molar-refractivity contribution in [1.29, 1.82) is 0 Å². The molecule has 0 amide bonds. The zero-order chi connectivity index (χ0) is 30.6. The Morgan fingerprint density at radius 1 is 0.435 bits per heavy atom. The van der Waals surface area contributed by atoms with Crippen molar-refractivity contribution in [2.75, 3.05) is 0 Å². The Morgan fingerprint density at radius 2 is 1.04 bits per heavy atom. The topological polar surface area (TPSA) is 51.8 Å². The number of nitrogens with zero attached hydrogens (tertiary/aromatic N) is 3. The van der Waals surface area contributed by atoms with Crippen LogP contribution in [-0.2, 0) is 0 Å². The third-order valence-corrected chi connectivity index (χ3v) is 8.86. The van der Waals surface area contributed by atoms with Crippen LogP contribution in [0.5, 0.6) is 0 Å². The summed E-state index contributed by atoms with van der Waals surface area (Å²) < 4.78 is 6.22. The van der Waals surface area contributed by atoms with Crippen LogP contribution in [0.3, 0.4) is 0 Å². The van der Waals surface area contributed by atoms with Gasteiger partial charge in [0.05, 0.1) is 5.02 Å². The summed E-state index contributed by atoms with van der Waals surface area (Å²) in [6, 6.07) is 49.8. The molecule has 0 aliphatic heterocycles. The summed E-state index contributed by atoms with van der Waals surface area (Å²) in [4.78, 5) is 15.3. The SMILES string of the molecule is Clc1cccc2c1oc1cccc(-c3nc(-c4ccc5ccccc5c4)nc(-c4ccc5ccc(-c6ccccc6)cc5c4)n3)c12. The van der Waals surface area contributed by atoms with E-state index in [1.165, 1.54) is 5.56 Å². The second-order valence-corrected chi connectivity index (χ2v) is 11.8. The summed E-state index contributed by atoms with van der Waals surface area (Å²) in [7, 11) is 0. The van der Waals surface area contributed by atoms with Gasteiger partial charge in [-0.05, 0) is 63.0 Å². The van der Waals surface area contributed by atoms with Crippen LogP contribution in [0.15, 0.2) is 150 Å². The smallest absolute Gasteiger partial charge is 0.164 e. The molecule has 216 valence electrons. The Kier molecular flexibility index (Phi) is 6.15. The fraction of sp³-hybridized carbons (Fsp3) is 0. The van der Waals surface area contributed by atoms with Crippen LogP contribution in [0.2, 0.25) is 5.02 Å². The third kappa shape index (κ3) is 4.50. The van der Waals surface area contributed by atoms with E-state index in [4.69, 9.17) is 31.0 Å². The van der Waals surface area contributed by atoms with Gasteiger partial charge in [-0.3, -0.25) is 0 Å². The Morgan fingerprint density at radius 3 is 1.83 bits per heavy atom. The van der Waals surface area contributed by atoms with Gasteiger partial charge in [0.25, 0.3) is 0 Å². The van der Waals surface area contributed by atoms with E-state index in [0.717, 1.165) is 60.2 Å². The monoisotopic (exact) mass is 609 g/mol. The molecule has 4 nitrogen and oxygen atoms in total. The van der Waals surface area contributed by atoms with E-state index in [2.05, 4.69) is 91.0 Å². The van der Waals surface area contributed by atoms with Gasteiger partial charge in [-0.1, -0.05) is 127 Å². The minimum atomic E-state index is 0.568. The molecule has 9 rings (SSSR count). The normalized spacial score (nSPS) is 11.6. The Labute approximate surface area is 269 Å². The van der Waals surface area contributed by atoms with Crippen LogP contribution in [-0.4, -0.2) is 15.0 Å². The molecule has 0 radical (unpaired) electrons. The zero-order valence-electron chi connectivity index (χ0n) is 24.5. The largest absolute Gasteiger partial charge is 0.454 e. The summed E-state index contributed by atoms with van der Waals surface area (Å²) in [5, 5.41) is 6.97. The Bertz CT molecular complexity index is 2610. The van der Waals surface area contributed by atoms with E-state index < -0.39 is 0 Å². The van der Waals surface area contributed by atoms with Crippen molar-refractivity contribution < 1.29 is 4.42 Å². The van der Waals surface area contributed by atoms with E-state index in [-0.39, 0.29) is 0 Å². The van der Waals surface area contributed by atoms with Gasteiger partial charge in [0.1, 0.15) is 5.58 Å². The van der Waals surface area contributed by atoms with Crippen molar-refractivity contribution in [3.63, 3.8) is 0 Å². The lowest BCUT2D eigenvalue weighted by Crippen LogP contribution is -2.00. The number of halogens is 1. The molecule has 0 atom stereocenters. The van der Waals surface area contributed by atoms with Crippen LogP contribution < -0.4 is 0 Å². The summed E-state index contributed by atoms with van der Waals surface area (Å²) >= 11 is 6.55. The van der Waals surface area contributed by atoms with Crippen molar-refractivity contribution in [1.82, 2.24) is 15.0 Å². The fourth-order valence-electron chi connectivity index (χ4n) is 6.28. The quantitative estimate of drug-likeness (QED) is 0.199.